The Morgan fingerprint density at radius 1 is 1.36 bits per heavy atom. The number of hydrogen-bond acceptors (Lipinski definition) is 3. The molecule has 0 aliphatic carbocycles. The molecule has 0 fully saturated rings. The summed E-state index contributed by atoms with van der Waals surface area (Å²) in [4.78, 5) is 8.28. The highest BCUT2D eigenvalue weighted by Gasteiger charge is 2.01. The molecule has 4 nitrogen and oxygen atoms in total. The van der Waals surface area contributed by atoms with Crippen molar-refractivity contribution in [3.63, 3.8) is 0 Å². The number of aromatic nitrogens is 4. The van der Waals surface area contributed by atoms with Gasteiger partial charge in [-0.3, -0.25) is 4.98 Å². The average Bonchev–Trinajstić information content (AvgIpc) is 2.65. The highest BCUT2D eigenvalue weighted by atomic mass is 79.9. The van der Waals surface area contributed by atoms with E-state index in [0.717, 1.165) is 10.2 Å². The van der Waals surface area contributed by atoms with Crippen LogP contribution in [-0.2, 0) is 5.88 Å². The van der Waals surface area contributed by atoms with Crippen LogP contribution in [0.2, 0.25) is 0 Å². The summed E-state index contributed by atoms with van der Waals surface area (Å²) in [6, 6.07) is 0. The first-order chi connectivity index (χ1) is 6.79. The monoisotopic (exact) mass is 272 g/mol. The lowest BCUT2D eigenvalue weighted by Crippen LogP contribution is -2.00. The molecule has 6 heteroatoms. The maximum absolute atomic E-state index is 5.65. The lowest BCUT2D eigenvalue weighted by Gasteiger charge is -2.00. The topological polar surface area (TPSA) is 43.6 Å². The molecule has 0 aromatic carbocycles. The van der Waals surface area contributed by atoms with Crippen molar-refractivity contribution in [1.29, 1.82) is 0 Å². The molecule has 0 bridgehead atoms. The fourth-order valence-corrected chi connectivity index (χ4v) is 1.41. The SMILES string of the molecule is ClCc1cncc(-n2cc(Br)cn2)n1. The third kappa shape index (κ3) is 1.93. The predicted molar refractivity (Wildman–Crippen MR) is 56.4 cm³/mol. The van der Waals surface area contributed by atoms with E-state index in [1.54, 1.807) is 23.3 Å². The molecule has 0 spiro atoms. The van der Waals surface area contributed by atoms with Gasteiger partial charge in [0, 0.05) is 12.4 Å². The van der Waals surface area contributed by atoms with Gasteiger partial charge < -0.3 is 0 Å². The summed E-state index contributed by atoms with van der Waals surface area (Å²) in [6.45, 7) is 0. The minimum absolute atomic E-state index is 0.350. The predicted octanol–water partition coefficient (Wildman–Crippen LogP) is 2.16. The van der Waals surface area contributed by atoms with Crippen LogP contribution in [0.1, 0.15) is 5.69 Å². The summed E-state index contributed by atoms with van der Waals surface area (Å²) >= 11 is 8.96. The largest absolute Gasteiger partial charge is 0.259 e. The molecule has 0 saturated heterocycles. The van der Waals surface area contributed by atoms with Crippen molar-refractivity contribution in [3.8, 4) is 5.82 Å². The van der Waals surface area contributed by atoms with Crippen LogP contribution in [0.4, 0.5) is 0 Å². The summed E-state index contributed by atoms with van der Waals surface area (Å²) in [5.74, 6) is 1.01. The fourth-order valence-electron chi connectivity index (χ4n) is 0.996. The molecule has 0 atom stereocenters. The van der Waals surface area contributed by atoms with Gasteiger partial charge in [0.05, 0.1) is 28.4 Å². The van der Waals surface area contributed by atoms with Crippen LogP contribution in [-0.4, -0.2) is 19.7 Å². The van der Waals surface area contributed by atoms with Crippen LogP contribution >= 0.6 is 27.5 Å². The standard InChI is InChI=1S/C8H6BrClN4/c9-6-2-12-14(5-6)8-4-11-3-7(1-10)13-8/h2-5H,1H2. The van der Waals surface area contributed by atoms with Crippen LogP contribution in [0.3, 0.4) is 0 Å². The second-order valence-corrected chi connectivity index (χ2v) is 3.79. The number of halogens is 2. The van der Waals surface area contributed by atoms with E-state index in [2.05, 4.69) is 31.0 Å². The molecule has 2 rings (SSSR count). The molecule has 2 aromatic heterocycles. The van der Waals surface area contributed by atoms with E-state index < -0.39 is 0 Å². The van der Waals surface area contributed by atoms with Gasteiger partial charge in [-0.2, -0.15) is 5.10 Å². The molecule has 0 radical (unpaired) electrons. The molecule has 2 heterocycles. The molecule has 2 aromatic rings. The van der Waals surface area contributed by atoms with E-state index in [4.69, 9.17) is 11.6 Å². The van der Waals surface area contributed by atoms with Crippen LogP contribution in [0.5, 0.6) is 0 Å². The molecule has 0 amide bonds. The molecule has 0 saturated carbocycles. The van der Waals surface area contributed by atoms with E-state index in [-0.39, 0.29) is 0 Å². The number of hydrogen-bond donors (Lipinski definition) is 0. The lowest BCUT2D eigenvalue weighted by molar-refractivity contribution is 0.828. The van der Waals surface area contributed by atoms with Gasteiger partial charge in [0.25, 0.3) is 0 Å². The van der Waals surface area contributed by atoms with Crippen molar-refractivity contribution in [2.75, 3.05) is 0 Å². The summed E-state index contributed by atoms with van der Waals surface area (Å²) in [6.07, 6.45) is 6.77. The number of alkyl halides is 1. The zero-order valence-corrected chi connectivity index (χ0v) is 9.40. The zero-order chi connectivity index (χ0) is 9.97. The Labute approximate surface area is 94.1 Å². The maximum atomic E-state index is 5.65. The molecule has 0 unspecified atom stereocenters. The van der Waals surface area contributed by atoms with Gasteiger partial charge in [0.15, 0.2) is 5.82 Å². The highest BCUT2D eigenvalue weighted by Crippen LogP contribution is 2.10. The Morgan fingerprint density at radius 2 is 2.21 bits per heavy atom. The van der Waals surface area contributed by atoms with Gasteiger partial charge in [-0.25, -0.2) is 9.67 Å². The minimum atomic E-state index is 0.350. The molecular weight excluding hydrogens is 267 g/mol. The van der Waals surface area contributed by atoms with Gasteiger partial charge in [-0.1, -0.05) is 0 Å². The van der Waals surface area contributed by atoms with Crippen molar-refractivity contribution < 1.29 is 0 Å². The van der Waals surface area contributed by atoms with Crippen molar-refractivity contribution in [3.05, 3.63) is 35.0 Å². The Kier molecular flexibility index (Phi) is 2.79. The van der Waals surface area contributed by atoms with Crippen LogP contribution in [0.15, 0.2) is 29.3 Å². The average molecular weight is 274 g/mol. The molecule has 0 aliphatic rings. The van der Waals surface area contributed by atoms with Crippen molar-refractivity contribution in [2.24, 2.45) is 0 Å². The van der Waals surface area contributed by atoms with Gasteiger partial charge in [0.2, 0.25) is 0 Å². The maximum Gasteiger partial charge on any atom is 0.172 e. The summed E-state index contributed by atoms with van der Waals surface area (Å²) < 4.78 is 2.53. The first-order valence-electron chi connectivity index (χ1n) is 3.87. The molecular formula is C8H6BrClN4. The Bertz CT molecular complexity index is 442. The van der Waals surface area contributed by atoms with E-state index in [1.807, 2.05) is 6.20 Å². The highest BCUT2D eigenvalue weighted by molar-refractivity contribution is 9.10. The summed E-state index contributed by atoms with van der Waals surface area (Å²) in [5.41, 5.74) is 0.732. The first-order valence-corrected chi connectivity index (χ1v) is 5.20. The van der Waals surface area contributed by atoms with Gasteiger partial charge in [-0.05, 0) is 15.9 Å². The van der Waals surface area contributed by atoms with Crippen LogP contribution in [0, 0.1) is 0 Å². The molecule has 0 N–H and O–H groups in total. The second kappa shape index (κ2) is 4.06. The Morgan fingerprint density at radius 3 is 2.86 bits per heavy atom. The van der Waals surface area contributed by atoms with Gasteiger partial charge >= 0.3 is 0 Å². The van der Waals surface area contributed by atoms with Gasteiger partial charge in [0.1, 0.15) is 0 Å². The fraction of sp³-hybridized carbons (Fsp3) is 0.125. The second-order valence-electron chi connectivity index (χ2n) is 2.61. The Balaban J connectivity index is 2.41. The Hall–Kier alpha value is -0.940. The van der Waals surface area contributed by atoms with Crippen molar-refractivity contribution >= 4 is 27.5 Å². The summed E-state index contributed by atoms with van der Waals surface area (Å²) in [7, 11) is 0. The van der Waals surface area contributed by atoms with E-state index in [1.165, 1.54) is 0 Å². The molecule has 14 heavy (non-hydrogen) atoms. The third-order valence-corrected chi connectivity index (χ3v) is 2.28. The zero-order valence-electron chi connectivity index (χ0n) is 7.06. The quantitative estimate of drug-likeness (QED) is 0.788. The molecule has 72 valence electrons. The van der Waals surface area contributed by atoms with Gasteiger partial charge in [-0.15, -0.1) is 11.6 Å². The smallest absolute Gasteiger partial charge is 0.172 e. The minimum Gasteiger partial charge on any atom is -0.259 e. The van der Waals surface area contributed by atoms with E-state index >= 15 is 0 Å². The third-order valence-electron chi connectivity index (χ3n) is 1.59. The first kappa shape index (κ1) is 9.61. The number of nitrogens with zero attached hydrogens (tertiary/aromatic N) is 4. The van der Waals surface area contributed by atoms with Crippen LogP contribution in [0.25, 0.3) is 5.82 Å². The van der Waals surface area contributed by atoms with Crippen molar-refractivity contribution in [1.82, 2.24) is 19.7 Å². The normalized spacial score (nSPS) is 10.4. The molecule has 0 aliphatic heterocycles. The van der Waals surface area contributed by atoms with E-state index in [0.29, 0.717) is 11.7 Å². The van der Waals surface area contributed by atoms with Crippen LogP contribution < -0.4 is 0 Å². The number of rotatable bonds is 2. The summed E-state index contributed by atoms with van der Waals surface area (Å²) in [5, 5.41) is 4.09. The van der Waals surface area contributed by atoms with Crippen molar-refractivity contribution in [2.45, 2.75) is 5.88 Å². The van der Waals surface area contributed by atoms with E-state index in [9.17, 15) is 0 Å². The lowest BCUT2D eigenvalue weighted by atomic mass is 10.5.